The highest BCUT2D eigenvalue weighted by Gasteiger charge is 2.11. The van der Waals surface area contributed by atoms with Crippen molar-refractivity contribution < 1.29 is 0 Å². The van der Waals surface area contributed by atoms with Crippen LogP contribution >= 0.6 is 0 Å². The van der Waals surface area contributed by atoms with Gasteiger partial charge in [-0.3, -0.25) is 0 Å². The minimum atomic E-state index is 1.17. The molecule has 27 heavy (non-hydrogen) atoms. The van der Waals surface area contributed by atoms with Crippen LogP contribution < -0.4 is 4.90 Å². The summed E-state index contributed by atoms with van der Waals surface area (Å²) in [6.07, 6.45) is 0. The fourth-order valence-electron chi connectivity index (χ4n) is 3.83. The van der Waals surface area contributed by atoms with E-state index in [0.717, 1.165) is 0 Å². The summed E-state index contributed by atoms with van der Waals surface area (Å²) in [6, 6.07) is 36.4. The Morgan fingerprint density at radius 2 is 1.00 bits per heavy atom. The van der Waals surface area contributed by atoms with Crippen LogP contribution in [0.15, 0.2) is 103 Å². The van der Waals surface area contributed by atoms with Crippen LogP contribution in [0.2, 0.25) is 0 Å². The number of fused-ring (bicyclic) bond motifs is 3. The number of aromatic nitrogens is 1. The number of hydrogen-bond acceptors (Lipinski definition) is 1. The minimum Gasteiger partial charge on any atom is -0.345 e. The molecule has 1 aromatic heterocycles. The lowest BCUT2D eigenvalue weighted by atomic mass is 10.2. The predicted molar refractivity (Wildman–Crippen MR) is 115 cm³/mol. The molecule has 0 fully saturated rings. The van der Waals surface area contributed by atoms with E-state index in [4.69, 9.17) is 0 Å². The third-order valence-corrected chi connectivity index (χ3v) is 5.22. The first-order valence-electron chi connectivity index (χ1n) is 9.20. The lowest BCUT2D eigenvalue weighted by Crippen LogP contribution is -2.09. The first kappa shape index (κ1) is 15.7. The first-order valence-corrected chi connectivity index (χ1v) is 9.20. The molecule has 0 saturated carbocycles. The van der Waals surface area contributed by atoms with Crippen LogP contribution in [0.1, 0.15) is 0 Å². The van der Waals surface area contributed by atoms with Crippen LogP contribution in [-0.2, 0) is 0 Å². The van der Waals surface area contributed by atoms with Crippen molar-refractivity contribution in [2.24, 2.45) is 0 Å². The SMILES string of the molecule is CN(c1ccccc1)c1ccc(-n2c3ccccc3c3ccccc32)cc1. The molecule has 2 nitrogen and oxygen atoms in total. The van der Waals surface area contributed by atoms with Gasteiger partial charge in [-0.25, -0.2) is 0 Å². The lowest BCUT2D eigenvalue weighted by molar-refractivity contribution is 1.16. The Kier molecular flexibility index (Phi) is 3.68. The van der Waals surface area contributed by atoms with E-state index in [9.17, 15) is 0 Å². The molecule has 5 rings (SSSR count). The zero-order chi connectivity index (χ0) is 18.2. The summed E-state index contributed by atoms with van der Waals surface area (Å²) in [7, 11) is 2.10. The van der Waals surface area contributed by atoms with Crippen molar-refractivity contribution >= 4 is 33.2 Å². The van der Waals surface area contributed by atoms with E-state index in [1.54, 1.807) is 0 Å². The largest absolute Gasteiger partial charge is 0.345 e. The van der Waals surface area contributed by atoms with Crippen molar-refractivity contribution in [2.75, 3.05) is 11.9 Å². The van der Waals surface area contributed by atoms with Crippen LogP contribution in [0.3, 0.4) is 0 Å². The van der Waals surface area contributed by atoms with Gasteiger partial charge in [0, 0.05) is 34.9 Å². The van der Waals surface area contributed by atoms with Crippen LogP contribution in [-0.4, -0.2) is 11.6 Å². The van der Waals surface area contributed by atoms with Gasteiger partial charge in [-0.15, -0.1) is 0 Å². The second-order valence-electron chi connectivity index (χ2n) is 6.78. The van der Waals surface area contributed by atoms with Gasteiger partial charge in [-0.05, 0) is 48.5 Å². The highest BCUT2D eigenvalue weighted by molar-refractivity contribution is 6.09. The molecule has 0 aliphatic carbocycles. The Bertz CT molecular complexity index is 1160. The number of anilines is 2. The fraction of sp³-hybridized carbons (Fsp3) is 0.0400. The van der Waals surface area contributed by atoms with E-state index in [1.807, 2.05) is 6.07 Å². The maximum Gasteiger partial charge on any atom is 0.0541 e. The highest BCUT2D eigenvalue weighted by atomic mass is 15.1. The van der Waals surface area contributed by atoms with Gasteiger partial charge in [0.2, 0.25) is 0 Å². The molecule has 0 aliphatic heterocycles. The molecule has 0 atom stereocenters. The summed E-state index contributed by atoms with van der Waals surface area (Å²) < 4.78 is 2.34. The Morgan fingerprint density at radius 1 is 0.519 bits per heavy atom. The molecule has 0 bridgehead atoms. The van der Waals surface area contributed by atoms with Crippen molar-refractivity contribution in [2.45, 2.75) is 0 Å². The Morgan fingerprint density at radius 3 is 1.59 bits per heavy atom. The van der Waals surface area contributed by atoms with Gasteiger partial charge < -0.3 is 9.47 Å². The molecule has 0 spiro atoms. The molecule has 0 aliphatic rings. The number of para-hydroxylation sites is 3. The molecular formula is C25H20N2. The average molecular weight is 348 g/mol. The lowest BCUT2D eigenvalue weighted by Gasteiger charge is -2.20. The molecule has 5 aromatic rings. The monoisotopic (exact) mass is 348 g/mol. The highest BCUT2D eigenvalue weighted by Crippen LogP contribution is 2.32. The Balaban J connectivity index is 1.63. The van der Waals surface area contributed by atoms with E-state index >= 15 is 0 Å². The molecule has 0 saturated heterocycles. The molecule has 0 radical (unpaired) electrons. The van der Waals surface area contributed by atoms with E-state index in [2.05, 4.69) is 114 Å². The summed E-state index contributed by atoms with van der Waals surface area (Å²) in [6.45, 7) is 0. The van der Waals surface area contributed by atoms with E-state index in [0.29, 0.717) is 0 Å². The Hall–Kier alpha value is -3.52. The van der Waals surface area contributed by atoms with Crippen LogP contribution in [0.25, 0.3) is 27.5 Å². The zero-order valence-electron chi connectivity index (χ0n) is 15.2. The van der Waals surface area contributed by atoms with Crippen molar-refractivity contribution in [3.63, 3.8) is 0 Å². The standard InChI is InChI=1S/C25H20N2/c1-26(19-9-3-2-4-10-19)20-15-17-21(18-16-20)27-24-13-7-5-11-22(24)23-12-6-8-14-25(23)27/h2-18H,1H3. The number of rotatable bonds is 3. The average Bonchev–Trinajstić information content (AvgIpc) is 3.08. The minimum absolute atomic E-state index is 1.17. The van der Waals surface area contributed by atoms with Crippen molar-refractivity contribution in [1.29, 1.82) is 0 Å². The van der Waals surface area contributed by atoms with Crippen LogP contribution in [0, 0.1) is 0 Å². The normalized spacial score (nSPS) is 11.1. The molecule has 4 aromatic carbocycles. The molecule has 130 valence electrons. The van der Waals surface area contributed by atoms with Crippen molar-refractivity contribution in [3.8, 4) is 5.69 Å². The number of benzene rings is 4. The third-order valence-electron chi connectivity index (χ3n) is 5.22. The predicted octanol–water partition coefficient (Wildman–Crippen LogP) is 6.55. The molecule has 0 amide bonds. The number of hydrogen-bond donors (Lipinski definition) is 0. The second kappa shape index (κ2) is 6.33. The van der Waals surface area contributed by atoms with Gasteiger partial charge >= 0.3 is 0 Å². The van der Waals surface area contributed by atoms with Gasteiger partial charge in [-0.1, -0.05) is 54.6 Å². The van der Waals surface area contributed by atoms with Crippen LogP contribution in [0.5, 0.6) is 0 Å². The van der Waals surface area contributed by atoms with E-state index in [-0.39, 0.29) is 0 Å². The number of nitrogens with zero attached hydrogens (tertiary/aromatic N) is 2. The summed E-state index contributed by atoms with van der Waals surface area (Å²) in [5.41, 5.74) is 6.01. The zero-order valence-corrected chi connectivity index (χ0v) is 15.2. The smallest absolute Gasteiger partial charge is 0.0541 e. The van der Waals surface area contributed by atoms with Gasteiger partial charge in [0.1, 0.15) is 0 Å². The van der Waals surface area contributed by atoms with Gasteiger partial charge in [-0.2, -0.15) is 0 Å². The molecule has 2 heteroatoms. The molecular weight excluding hydrogens is 328 g/mol. The molecule has 0 N–H and O–H groups in total. The topological polar surface area (TPSA) is 8.17 Å². The Labute approximate surface area is 158 Å². The van der Waals surface area contributed by atoms with Gasteiger partial charge in [0.05, 0.1) is 11.0 Å². The van der Waals surface area contributed by atoms with E-state index in [1.165, 1.54) is 38.9 Å². The second-order valence-corrected chi connectivity index (χ2v) is 6.78. The molecule has 1 heterocycles. The first-order chi connectivity index (χ1) is 13.3. The maximum absolute atomic E-state index is 2.34. The third kappa shape index (κ3) is 2.58. The molecule has 0 unspecified atom stereocenters. The summed E-state index contributed by atoms with van der Waals surface area (Å²) in [4.78, 5) is 2.20. The van der Waals surface area contributed by atoms with Crippen molar-refractivity contribution in [3.05, 3.63) is 103 Å². The van der Waals surface area contributed by atoms with Crippen LogP contribution in [0.4, 0.5) is 11.4 Å². The van der Waals surface area contributed by atoms with Gasteiger partial charge in [0.25, 0.3) is 0 Å². The quantitative estimate of drug-likeness (QED) is 0.359. The van der Waals surface area contributed by atoms with E-state index < -0.39 is 0 Å². The summed E-state index contributed by atoms with van der Waals surface area (Å²) in [5.74, 6) is 0. The fourth-order valence-corrected chi connectivity index (χ4v) is 3.83. The summed E-state index contributed by atoms with van der Waals surface area (Å²) >= 11 is 0. The summed E-state index contributed by atoms with van der Waals surface area (Å²) in [5, 5.41) is 2.58. The maximum atomic E-state index is 2.34. The van der Waals surface area contributed by atoms with Crippen molar-refractivity contribution in [1.82, 2.24) is 4.57 Å². The van der Waals surface area contributed by atoms with Gasteiger partial charge in [0.15, 0.2) is 0 Å².